The fraction of sp³-hybridized carbons (Fsp3) is 0.833. The molecule has 0 rings (SSSR count). The fourth-order valence-electron chi connectivity index (χ4n) is 1.59. The average Bonchev–Trinajstić information content (AvgIpc) is 2.21. The largest absolute Gasteiger partial charge is 0.368 e. The number of carbonyl (C=O) groups excluding carboxylic acids is 2. The number of amides is 1. The van der Waals surface area contributed by atoms with E-state index in [1.165, 1.54) is 0 Å². The predicted molar refractivity (Wildman–Crippen MR) is 64.8 cm³/mol. The Labute approximate surface area is 97.8 Å². The quantitative estimate of drug-likeness (QED) is 0.556. The maximum atomic E-state index is 10.7. The lowest BCUT2D eigenvalue weighted by atomic mass is 10.0. The van der Waals surface area contributed by atoms with E-state index in [1.807, 2.05) is 0 Å². The molecule has 0 aromatic rings. The summed E-state index contributed by atoms with van der Waals surface area (Å²) in [5, 5.41) is 0. The van der Waals surface area contributed by atoms with Gasteiger partial charge in [-0.2, -0.15) is 0 Å². The number of hydrogen-bond acceptors (Lipinski definition) is 3. The molecular weight excluding hydrogens is 204 g/mol. The number of Topliss-reactive ketones (excluding diaryl/α,β-unsaturated/α-hetero) is 1. The first-order valence-corrected chi connectivity index (χ1v) is 6.08. The minimum atomic E-state index is -0.488. The first-order chi connectivity index (χ1) is 7.54. The van der Waals surface area contributed by atoms with Gasteiger partial charge in [-0.25, -0.2) is 0 Å². The third-order valence-electron chi connectivity index (χ3n) is 2.66. The standard InChI is InChI=1S/C12H24N2O2/c1-10(15)8-6-4-2-3-5-7-9-11(13)12(14)16/h11H,2-9,13H2,1H3,(H2,14,16). The van der Waals surface area contributed by atoms with E-state index in [9.17, 15) is 9.59 Å². The molecule has 4 N–H and O–H groups in total. The van der Waals surface area contributed by atoms with Gasteiger partial charge in [-0.15, -0.1) is 0 Å². The molecule has 1 atom stereocenters. The van der Waals surface area contributed by atoms with Gasteiger partial charge >= 0.3 is 0 Å². The van der Waals surface area contributed by atoms with E-state index >= 15 is 0 Å². The van der Waals surface area contributed by atoms with Crippen LogP contribution in [0.2, 0.25) is 0 Å². The molecule has 0 bridgehead atoms. The second-order valence-electron chi connectivity index (χ2n) is 4.37. The van der Waals surface area contributed by atoms with Crippen molar-refractivity contribution in [2.45, 2.75) is 64.3 Å². The Morgan fingerprint density at radius 2 is 1.50 bits per heavy atom. The molecule has 4 heteroatoms. The van der Waals surface area contributed by atoms with Gasteiger partial charge in [0.15, 0.2) is 0 Å². The average molecular weight is 228 g/mol. The van der Waals surface area contributed by atoms with Crippen molar-refractivity contribution >= 4 is 11.7 Å². The summed E-state index contributed by atoms with van der Waals surface area (Å²) in [5.41, 5.74) is 10.5. The maximum Gasteiger partial charge on any atom is 0.234 e. The molecule has 0 heterocycles. The Bertz CT molecular complexity index is 217. The number of primary amides is 1. The third kappa shape index (κ3) is 9.65. The number of carbonyl (C=O) groups is 2. The molecule has 0 aliphatic heterocycles. The number of hydrogen-bond donors (Lipinski definition) is 2. The van der Waals surface area contributed by atoms with Crippen LogP contribution in [0.1, 0.15) is 58.3 Å². The van der Waals surface area contributed by atoms with Crippen LogP contribution in [-0.2, 0) is 9.59 Å². The van der Waals surface area contributed by atoms with E-state index in [0.717, 1.165) is 38.5 Å². The van der Waals surface area contributed by atoms with Crippen molar-refractivity contribution in [1.29, 1.82) is 0 Å². The van der Waals surface area contributed by atoms with Crippen molar-refractivity contribution in [1.82, 2.24) is 0 Å². The molecule has 0 radical (unpaired) electrons. The lowest BCUT2D eigenvalue weighted by Gasteiger charge is -2.06. The Morgan fingerprint density at radius 1 is 1.00 bits per heavy atom. The molecule has 4 nitrogen and oxygen atoms in total. The predicted octanol–water partition coefficient (Wildman–Crippen LogP) is 1.51. The van der Waals surface area contributed by atoms with E-state index < -0.39 is 11.9 Å². The van der Waals surface area contributed by atoms with Crippen LogP contribution in [0.5, 0.6) is 0 Å². The number of nitrogens with two attached hydrogens (primary N) is 2. The van der Waals surface area contributed by atoms with Crippen LogP contribution in [0.3, 0.4) is 0 Å². The number of ketones is 1. The molecule has 0 fully saturated rings. The topological polar surface area (TPSA) is 86.2 Å². The highest BCUT2D eigenvalue weighted by molar-refractivity contribution is 5.79. The summed E-state index contributed by atoms with van der Waals surface area (Å²) in [5.74, 6) is -0.145. The summed E-state index contributed by atoms with van der Waals surface area (Å²) in [7, 11) is 0. The molecule has 0 saturated heterocycles. The van der Waals surface area contributed by atoms with Gasteiger partial charge < -0.3 is 16.3 Å². The van der Waals surface area contributed by atoms with Gasteiger partial charge in [0, 0.05) is 6.42 Å². The van der Waals surface area contributed by atoms with Gasteiger partial charge in [0.25, 0.3) is 0 Å². The highest BCUT2D eigenvalue weighted by atomic mass is 16.1. The second-order valence-corrected chi connectivity index (χ2v) is 4.37. The number of rotatable bonds is 10. The van der Waals surface area contributed by atoms with Crippen LogP contribution in [0.4, 0.5) is 0 Å². The Morgan fingerprint density at radius 3 is 2.00 bits per heavy atom. The zero-order valence-electron chi connectivity index (χ0n) is 10.2. The Kier molecular flexibility index (Phi) is 8.81. The van der Waals surface area contributed by atoms with Crippen molar-refractivity contribution < 1.29 is 9.59 Å². The summed E-state index contributed by atoms with van der Waals surface area (Å²) in [6.07, 6.45) is 7.83. The van der Waals surface area contributed by atoms with Crippen molar-refractivity contribution in [2.24, 2.45) is 11.5 Å². The molecule has 0 aromatic heterocycles. The summed E-state index contributed by atoms with van der Waals surface area (Å²) in [4.78, 5) is 21.3. The molecule has 1 amide bonds. The highest BCUT2D eigenvalue weighted by Crippen LogP contribution is 2.09. The fourth-order valence-corrected chi connectivity index (χ4v) is 1.59. The monoisotopic (exact) mass is 228 g/mol. The van der Waals surface area contributed by atoms with Crippen molar-refractivity contribution in [3.63, 3.8) is 0 Å². The van der Waals surface area contributed by atoms with E-state index in [0.29, 0.717) is 12.8 Å². The molecular formula is C12H24N2O2. The van der Waals surface area contributed by atoms with Gasteiger partial charge in [0.2, 0.25) is 5.91 Å². The summed E-state index contributed by atoms with van der Waals surface area (Å²) in [6, 6.07) is -0.488. The van der Waals surface area contributed by atoms with Crippen molar-refractivity contribution in [2.75, 3.05) is 0 Å². The lowest BCUT2D eigenvalue weighted by Crippen LogP contribution is -2.36. The SMILES string of the molecule is CC(=O)CCCCCCCCC(N)C(N)=O. The summed E-state index contributed by atoms with van der Waals surface area (Å²) >= 11 is 0. The molecule has 94 valence electrons. The van der Waals surface area contributed by atoms with Crippen molar-refractivity contribution in [3.8, 4) is 0 Å². The van der Waals surface area contributed by atoms with Crippen LogP contribution in [-0.4, -0.2) is 17.7 Å². The molecule has 0 aliphatic carbocycles. The molecule has 16 heavy (non-hydrogen) atoms. The third-order valence-corrected chi connectivity index (χ3v) is 2.66. The van der Waals surface area contributed by atoms with Gasteiger partial charge in [-0.05, 0) is 19.8 Å². The Balaban J connectivity index is 3.15. The van der Waals surface area contributed by atoms with E-state index in [2.05, 4.69) is 0 Å². The summed E-state index contributed by atoms with van der Waals surface area (Å²) < 4.78 is 0. The van der Waals surface area contributed by atoms with Crippen LogP contribution in [0.25, 0.3) is 0 Å². The molecule has 0 spiro atoms. The molecule has 0 saturated carbocycles. The van der Waals surface area contributed by atoms with Gasteiger partial charge in [0.05, 0.1) is 6.04 Å². The Hall–Kier alpha value is -0.900. The van der Waals surface area contributed by atoms with Crippen LogP contribution in [0, 0.1) is 0 Å². The number of unbranched alkanes of at least 4 members (excludes halogenated alkanes) is 5. The molecule has 1 unspecified atom stereocenters. The first-order valence-electron chi connectivity index (χ1n) is 6.08. The highest BCUT2D eigenvalue weighted by Gasteiger charge is 2.07. The summed E-state index contributed by atoms with van der Waals surface area (Å²) in [6.45, 7) is 1.63. The zero-order valence-corrected chi connectivity index (χ0v) is 10.2. The smallest absolute Gasteiger partial charge is 0.234 e. The van der Waals surface area contributed by atoms with E-state index in [1.54, 1.807) is 6.92 Å². The van der Waals surface area contributed by atoms with Crippen LogP contribution in [0.15, 0.2) is 0 Å². The first kappa shape index (κ1) is 15.1. The van der Waals surface area contributed by atoms with E-state index in [4.69, 9.17) is 11.5 Å². The molecule has 0 aliphatic rings. The second kappa shape index (κ2) is 9.33. The van der Waals surface area contributed by atoms with Gasteiger partial charge in [-0.3, -0.25) is 4.79 Å². The maximum absolute atomic E-state index is 10.7. The normalized spacial score (nSPS) is 12.4. The molecule has 0 aromatic carbocycles. The van der Waals surface area contributed by atoms with Gasteiger partial charge in [-0.1, -0.05) is 32.1 Å². The van der Waals surface area contributed by atoms with Gasteiger partial charge in [0.1, 0.15) is 5.78 Å². The minimum absolute atomic E-state index is 0.271. The van der Waals surface area contributed by atoms with Crippen LogP contribution < -0.4 is 11.5 Å². The van der Waals surface area contributed by atoms with Crippen LogP contribution >= 0.6 is 0 Å². The van der Waals surface area contributed by atoms with E-state index in [-0.39, 0.29) is 5.78 Å². The minimum Gasteiger partial charge on any atom is -0.368 e. The zero-order chi connectivity index (χ0) is 12.4. The van der Waals surface area contributed by atoms with Crippen molar-refractivity contribution in [3.05, 3.63) is 0 Å². The lowest BCUT2D eigenvalue weighted by molar-refractivity contribution is -0.119.